The molecule has 0 radical (unpaired) electrons. The molecule has 5 heteroatoms. The van der Waals surface area contributed by atoms with Crippen molar-refractivity contribution in [1.29, 1.82) is 0 Å². The highest BCUT2D eigenvalue weighted by Crippen LogP contribution is 2.06. The Balaban J connectivity index is 1.97. The Hall–Kier alpha value is -1.46. The molecule has 16 heavy (non-hydrogen) atoms. The quantitative estimate of drug-likeness (QED) is 0.709. The Labute approximate surface area is 94.6 Å². The largest absolute Gasteiger partial charge is 0.350 e. The molecule has 1 aliphatic rings. The molecule has 1 amide bonds. The number of nitrogens with one attached hydrogen (secondary N) is 1. The Morgan fingerprint density at radius 2 is 2.25 bits per heavy atom. The van der Waals surface area contributed by atoms with Crippen LogP contribution in [0.5, 0.6) is 0 Å². The minimum Gasteiger partial charge on any atom is -0.350 e. The van der Waals surface area contributed by atoms with E-state index in [-0.39, 0.29) is 11.9 Å². The van der Waals surface area contributed by atoms with E-state index >= 15 is 0 Å². The monoisotopic (exact) mass is 220 g/mol. The SMILES string of the molecule is NCC1CN(Cc2ccncc2)CC(=O)N1. The van der Waals surface area contributed by atoms with E-state index in [1.54, 1.807) is 12.4 Å². The molecule has 0 saturated carbocycles. The number of rotatable bonds is 3. The van der Waals surface area contributed by atoms with Crippen molar-refractivity contribution >= 4 is 5.91 Å². The van der Waals surface area contributed by atoms with E-state index in [1.807, 2.05) is 12.1 Å². The van der Waals surface area contributed by atoms with Crippen LogP contribution < -0.4 is 11.1 Å². The summed E-state index contributed by atoms with van der Waals surface area (Å²) < 4.78 is 0. The van der Waals surface area contributed by atoms with Crippen molar-refractivity contribution in [3.05, 3.63) is 30.1 Å². The second kappa shape index (κ2) is 5.05. The summed E-state index contributed by atoms with van der Waals surface area (Å²) in [7, 11) is 0. The third-order valence-corrected chi connectivity index (χ3v) is 2.65. The first-order chi connectivity index (χ1) is 7.78. The summed E-state index contributed by atoms with van der Waals surface area (Å²) in [6, 6.07) is 4.00. The maximum atomic E-state index is 11.4. The lowest BCUT2D eigenvalue weighted by molar-refractivity contribution is -0.125. The zero-order valence-corrected chi connectivity index (χ0v) is 9.10. The number of carbonyl (C=O) groups is 1. The summed E-state index contributed by atoms with van der Waals surface area (Å²) in [6.45, 7) is 2.51. The van der Waals surface area contributed by atoms with E-state index < -0.39 is 0 Å². The second-order valence-electron chi connectivity index (χ2n) is 4.03. The van der Waals surface area contributed by atoms with Crippen LogP contribution in [0.3, 0.4) is 0 Å². The number of hydrogen-bond acceptors (Lipinski definition) is 4. The molecule has 3 N–H and O–H groups in total. The van der Waals surface area contributed by atoms with Gasteiger partial charge in [-0.3, -0.25) is 14.7 Å². The highest BCUT2D eigenvalue weighted by atomic mass is 16.2. The summed E-state index contributed by atoms with van der Waals surface area (Å²) in [5.74, 6) is 0.0516. The van der Waals surface area contributed by atoms with Crippen molar-refractivity contribution in [1.82, 2.24) is 15.2 Å². The van der Waals surface area contributed by atoms with E-state index in [9.17, 15) is 4.79 Å². The number of hydrogen-bond donors (Lipinski definition) is 2. The molecular formula is C11H16N4O. The lowest BCUT2D eigenvalue weighted by atomic mass is 10.1. The van der Waals surface area contributed by atoms with Crippen molar-refractivity contribution in [3.8, 4) is 0 Å². The molecule has 0 aliphatic carbocycles. The molecule has 1 aromatic heterocycles. The van der Waals surface area contributed by atoms with Crippen LogP contribution in [0.1, 0.15) is 5.56 Å². The minimum absolute atomic E-state index is 0.0516. The van der Waals surface area contributed by atoms with Gasteiger partial charge < -0.3 is 11.1 Å². The third-order valence-electron chi connectivity index (χ3n) is 2.65. The van der Waals surface area contributed by atoms with E-state index in [1.165, 1.54) is 5.56 Å². The van der Waals surface area contributed by atoms with Crippen LogP contribution in [0.15, 0.2) is 24.5 Å². The number of piperazine rings is 1. The maximum absolute atomic E-state index is 11.4. The van der Waals surface area contributed by atoms with Gasteiger partial charge in [0.15, 0.2) is 0 Å². The topological polar surface area (TPSA) is 71.2 Å². The van der Waals surface area contributed by atoms with Gasteiger partial charge in [0.1, 0.15) is 0 Å². The van der Waals surface area contributed by atoms with Crippen molar-refractivity contribution in [2.45, 2.75) is 12.6 Å². The molecule has 2 rings (SSSR count). The number of nitrogens with two attached hydrogens (primary N) is 1. The van der Waals surface area contributed by atoms with Gasteiger partial charge in [-0.05, 0) is 17.7 Å². The first kappa shape index (κ1) is 11.0. The van der Waals surface area contributed by atoms with E-state index in [0.717, 1.165) is 13.1 Å². The van der Waals surface area contributed by atoms with Crippen LogP contribution in [0.2, 0.25) is 0 Å². The predicted octanol–water partition coefficient (Wildman–Crippen LogP) is -0.659. The highest BCUT2D eigenvalue weighted by molar-refractivity contribution is 5.79. The molecule has 1 unspecified atom stereocenters. The van der Waals surface area contributed by atoms with Gasteiger partial charge in [0, 0.05) is 32.0 Å². The lowest BCUT2D eigenvalue weighted by Gasteiger charge is -2.32. The molecule has 0 spiro atoms. The number of pyridine rings is 1. The average Bonchev–Trinajstić information content (AvgIpc) is 2.29. The highest BCUT2D eigenvalue weighted by Gasteiger charge is 2.23. The van der Waals surface area contributed by atoms with Gasteiger partial charge in [0.05, 0.1) is 12.6 Å². The standard InChI is InChI=1S/C11H16N4O/c12-5-10-7-15(8-11(16)14-10)6-9-1-3-13-4-2-9/h1-4,10H,5-8,12H2,(H,14,16). The molecule has 0 bridgehead atoms. The minimum atomic E-state index is 0.0516. The second-order valence-corrected chi connectivity index (χ2v) is 4.03. The fourth-order valence-electron chi connectivity index (χ4n) is 1.90. The summed E-state index contributed by atoms with van der Waals surface area (Å²) >= 11 is 0. The van der Waals surface area contributed by atoms with Gasteiger partial charge in [0.2, 0.25) is 5.91 Å². The van der Waals surface area contributed by atoms with E-state index in [0.29, 0.717) is 13.1 Å². The molecule has 1 aromatic rings. The van der Waals surface area contributed by atoms with Gasteiger partial charge in [-0.15, -0.1) is 0 Å². The molecule has 1 fully saturated rings. The van der Waals surface area contributed by atoms with Crippen molar-refractivity contribution < 1.29 is 4.79 Å². The summed E-state index contributed by atoms with van der Waals surface area (Å²) in [4.78, 5) is 17.5. The molecular weight excluding hydrogens is 204 g/mol. The molecule has 5 nitrogen and oxygen atoms in total. The maximum Gasteiger partial charge on any atom is 0.234 e. The molecule has 2 heterocycles. The molecule has 1 aliphatic heterocycles. The molecule has 86 valence electrons. The van der Waals surface area contributed by atoms with Gasteiger partial charge in [-0.25, -0.2) is 0 Å². The van der Waals surface area contributed by atoms with Crippen molar-refractivity contribution in [2.75, 3.05) is 19.6 Å². The van der Waals surface area contributed by atoms with Crippen LogP contribution in [0.4, 0.5) is 0 Å². The lowest BCUT2D eigenvalue weighted by Crippen LogP contribution is -2.56. The van der Waals surface area contributed by atoms with E-state index in [2.05, 4.69) is 15.2 Å². The Bertz CT molecular complexity index is 354. The van der Waals surface area contributed by atoms with Crippen LogP contribution >= 0.6 is 0 Å². The third kappa shape index (κ3) is 2.77. The Morgan fingerprint density at radius 1 is 1.50 bits per heavy atom. The van der Waals surface area contributed by atoms with Crippen LogP contribution in [0.25, 0.3) is 0 Å². The fourth-order valence-corrected chi connectivity index (χ4v) is 1.90. The number of carbonyl (C=O) groups excluding carboxylic acids is 1. The molecule has 1 atom stereocenters. The number of amides is 1. The summed E-state index contributed by atoms with van der Waals surface area (Å²) in [6.07, 6.45) is 3.53. The molecule has 0 aromatic carbocycles. The normalized spacial score (nSPS) is 21.8. The number of aromatic nitrogens is 1. The van der Waals surface area contributed by atoms with Gasteiger partial charge >= 0.3 is 0 Å². The van der Waals surface area contributed by atoms with E-state index in [4.69, 9.17) is 5.73 Å². The van der Waals surface area contributed by atoms with Crippen molar-refractivity contribution in [2.24, 2.45) is 5.73 Å². The van der Waals surface area contributed by atoms with Crippen molar-refractivity contribution in [3.63, 3.8) is 0 Å². The predicted molar refractivity (Wildman–Crippen MR) is 60.5 cm³/mol. The zero-order valence-electron chi connectivity index (χ0n) is 9.10. The first-order valence-electron chi connectivity index (χ1n) is 5.38. The molecule has 1 saturated heterocycles. The fraction of sp³-hybridized carbons (Fsp3) is 0.455. The summed E-state index contributed by atoms with van der Waals surface area (Å²) in [5, 5.41) is 2.86. The number of nitrogens with zero attached hydrogens (tertiary/aromatic N) is 2. The smallest absolute Gasteiger partial charge is 0.234 e. The Kier molecular flexibility index (Phi) is 3.48. The van der Waals surface area contributed by atoms with Crippen LogP contribution in [0, 0.1) is 0 Å². The zero-order chi connectivity index (χ0) is 11.4. The Morgan fingerprint density at radius 3 is 2.94 bits per heavy atom. The average molecular weight is 220 g/mol. The van der Waals surface area contributed by atoms with Gasteiger partial charge in [-0.2, -0.15) is 0 Å². The van der Waals surface area contributed by atoms with Crippen LogP contribution in [-0.2, 0) is 11.3 Å². The van der Waals surface area contributed by atoms with Gasteiger partial charge in [0.25, 0.3) is 0 Å². The first-order valence-corrected chi connectivity index (χ1v) is 5.38. The summed E-state index contributed by atoms with van der Waals surface area (Å²) in [5.41, 5.74) is 6.74. The van der Waals surface area contributed by atoms with Crippen LogP contribution in [-0.4, -0.2) is 41.5 Å². The van der Waals surface area contributed by atoms with Gasteiger partial charge in [-0.1, -0.05) is 0 Å².